The molecule has 0 aromatic heterocycles. The molecule has 0 unspecified atom stereocenters. The Morgan fingerprint density at radius 2 is 1.90 bits per heavy atom. The molecule has 0 atom stereocenters. The van der Waals surface area contributed by atoms with E-state index >= 15 is 0 Å². The molecule has 1 heterocycles. The van der Waals surface area contributed by atoms with E-state index < -0.39 is 26.7 Å². The van der Waals surface area contributed by atoms with Gasteiger partial charge in [-0.1, -0.05) is 18.2 Å². The lowest BCUT2D eigenvalue weighted by Crippen LogP contribution is -2.14. The van der Waals surface area contributed by atoms with E-state index in [0.717, 1.165) is 6.07 Å². The van der Waals surface area contributed by atoms with E-state index in [9.17, 15) is 17.6 Å². The Balaban J connectivity index is 1.95. The first-order valence-electron chi connectivity index (χ1n) is 6.05. The maximum Gasteiger partial charge on any atom is 0.338 e. The molecule has 3 rings (SSSR count). The van der Waals surface area contributed by atoms with Crippen molar-refractivity contribution in [2.45, 2.75) is 11.5 Å². The number of halogens is 1. The molecule has 2 aromatic rings. The number of sulfonamides is 1. The third-order valence-corrected chi connectivity index (χ3v) is 4.48. The monoisotopic (exact) mass is 307 g/mol. The standard InChI is InChI=1S/C14H10FNO4S/c15-12-3-1-2-4-13(12)21(18,19)16-10-6-5-9-8-20-14(17)11(9)7-10/h1-7,16H,8H2. The topological polar surface area (TPSA) is 72.5 Å². The van der Waals surface area contributed by atoms with Gasteiger partial charge < -0.3 is 4.74 Å². The van der Waals surface area contributed by atoms with Crippen molar-refractivity contribution in [2.75, 3.05) is 4.72 Å². The summed E-state index contributed by atoms with van der Waals surface area (Å²) in [4.78, 5) is 11.0. The molecule has 21 heavy (non-hydrogen) atoms. The Bertz CT molecular complexity index is 833. The van der Waals surface area contributed by atoms with Gasteiger partial charge in [0.15, 0.2) is 0 Å². The van der Waals surface area contributed by atoms with Crippen LogP contribution in [0.1, 0.15) is 15.9 Å². The first-order chi connectivity index (χ1) is 9.97. The molecular formula is C14H10FNO4S. The number of benzene rings is 2. The van der Waals surface area contributed by atoms with Crippen LogP contribution in [0.5, 0.6) is 0 Å². The van der Waals surface area contributed by atoms with Gasteiger partial charge in [0.05, 0.1) is 5.56 Å². The number of cyclic esters (lactones) is 1. The zero-order valence-electron chi connectivity index (χ0n) is 10.7. The molecule has 0 fully saturated rings. The van der Waals surface area contributed by atoms with Crippen LogP contribution in [0.4, 0.5) is 10.1 Å². The summed E-state index contributed by atoms with van der Waals surface area (Å²) in [6.45, 7) is 0.175. The third kappa shape index (κ3) is 2.47. The van der Waals surface area contributed by atoms with E-state index in [2.05, 4.69) is 4.72 Å². The predicted octanol–water partition coefficient (Wildman–Crippen LogP) is 2.30. The second kappa shape index (κ2) is 4.85. The zero-order chi connectivity index (χ0) is 15.0. The number of hydrogen-bond acceptors (Lipinski definition) is 4. The molecule has 5 nitrogen and oxygen atoms in total. The Kier molecular flexibility index (Phi) is 3.13. The fraction of sp³-hybridized carbons (Fsp3) is 0.0714. The number of esters is 1. The highest BCUT2D eigenvalue weighted by Crippen LogP contribution is 2.25. The average molecular weight is 307 g/mol. The van der Waals surface area contributed by atoms with Gasteiger partial charge in [0.25, 0.3) is 10.0 Å². The lowest BCUT2D eigenvalue weighted by Gasteiger charge is -2.09. The second-order valence-corrected chi connectivity index (χ2v) is 6.13. The van der Waals surface area contributed by atoms with Crippen molar-refractivity contribution < 1.29 is 22.3 Å². The minimum absolute atomic E-state index is 0.175. The number of hydrogen-bond donors (Lipinski definition) is 1. The fourth-order valence-corrected chi connectivity index (χ4v) is 3.18. The maximum absolute atomic E-state index is 13.6. The summed E-state index contributed by atoms with van der Waals surface area (Å²) < 4.78 is 44.9. The third-order valence-electron chi connectivity index (χ3n) is 3.07. The summed E-state index contributed by atoms with van der Waals surface area (Å²) in [5.41, 5.74) is 1.17. The molecule has 0 amide bonds. The Morgan fingerprint density at radius 1 is 1.14 bits per heavy atom. The summed E-state index contributed by atoms with van der Waals surface area (Å²) >= 11 is 0. The van der Waals surface area contributed by atoms with Crippen molar-refractivity contribution in [2.24, 2.45) is 0 Å². The van der Waals surface area contributed by atoms with Crippen LogP contribution >= 0.6 is 0 Å². The van der Waals surface area contributed by atoms with Crippen LogP contribution in [0.15, 0.2) is 47.4 Å². The van der Waals surface area contributed by atoms with Crippen LogP contribution in [0, 0.1) is 5.82 Å². The van der Waals surface area contributed by atoms with Crippen LogP contribution < -0.4 is 4.72 Å². The highest BCUT2D eigenvalue weighted by Gasteiger charge is 2.23. The first-order valence-corrected chi connectivity index (χ1v) is 7.53. The number of rotatable bonds is 3. The largest absolute Gasteiger partial charge is 0.457 e. The second-order valence-electron chi connectivity index (χ2n) is 4.48. The minimum Gasteiger partial charge on any atom is -0.457 e. The Morgan fingerprint density at radius 3 is 2.67 bits per heavy atom. The van der Waals surface area contributed by atoms with Gasteiger partial charge in [0.1, 0.15) is 17.3 Å². The smallest absolute Gasteiger partial charge is 0.338 e. The lowest BCUT2D eigenvalue weighted by atomic mass is 10.1. The normalized spacial score (nSPS) is 13.7. The molecule has 0 radical (unpaired) electrons. The molecular weight excluding hydrogens is 297 g/mol. The summed E-state index contributed by atoms with van der Waals surface area (Å²) in [6, 6.07) is 9.53. The molecule has 1 N–H and O–H groups in total. The quantitative estimate of drug-likeness (QED) is 0.883. The van der Waals surface area contributed by atoms with Gasteiger partial charge in [-0.25, -0.2) is 17.6 Å². The average Bonchev–Trinajstić information content (AvgIpc) is 2.80. The van der Waals surface area contributed by atoms with Gasteiger partial charge >= 0.3 is 5.97 Å². The molecule has 0 bridgehead atoms. The number of anilines is 1. The first kappa shape index (κ1) is 13.6. The molecule has 1 aliphatic rings. The van der Waals surface area contributed by atoms with E-state index in [0.29, 0.717) is 11.1 Å². The minimum atomic E-state index is -4.06. The molecule has 0 spiro atoms. The highest BCUT2D eigenvalue weighted by molar-refractivity contribution is 7.92. The Hall–Kier alpha value is -2.41. The molecule has 108 valence electrons. The van der Waals surface area contributed by atoms with E-state index in [1.807, 2.05) is 0 Å². The lowest BCUT2D eigenvalue weighted by molar-refractivity contribution is 0.0535. The number of carbonyl (C=O) groups excluding carboxylic acids is 1. The Labute approximate surface area is 120 Å². The van der Waals surface area contributed by atoms with E-state index in [4.69, 9.17) is 4.74 Å². The summed E-state index contributed by atoms with van der Waals surface area (Å²) in [6.07, 6.45) is 0. The van der Waals surface area contributed by atoms with Gasteiger partial charge in [-0.15, -0.1) is 0 Å². The zero-order valence-corrected chi connectivity index (χ0v) is 11.5. The van der Waals surface area contributed by atoms with Gasteiger partial charge in [0.2, 0.25) is 0 Å². The molecule has 0 saturated carbocycles. The van der Waals surface area contributed by atoms with Gasteiger partial charge in [-0.3, -0.25) is 4.72 Å². The molecule has 1 aliphatic heterocycles. The molecule has 2 aromatic carbocycles. The van der Waals surface area contributed by atoms with Crippen molar-refractivity contribution in [3.8, 4) is 0 Å². The predicted molar refractivity (Wildman–Crippen MR) is 72.8 cm³/mol. The number of fused-ring (bicyclic) bond motifs is 1. The van der Waals surface area contributed by atoms with Crippen molar-refractivity contribution in [1.29, 1.82) is 0 Å². The van der Waals surface area contributed by atoms with Crippen LogP contribution in [-0.4, -0.2) is 14.4 Å². The van der Waals surface area contributed by atoms with E-state index in [1.54, 1.807) is 6.07 Å². The van der Waals surface area contributed by atoms with Crippen LogP contribution in [0.25, 0.3) is 0 Å². The molecule has 7 heteroatoms. The van der Waals surface area contributed by atoms with Crippen LogP contribution in [0.2, 0.25) is 0 Å². The summed E-state index contributed by atoms with van der Waals surface area (Å²) in [5, 5.41) is 0. The maximum atomic E-state index is 13.6. The van der Waals surface area contributed by atoms with Gasteiger partial charge in [-0.05, 0) is 24.3 Å². The van der Waals surface area contributed by atoms with Crippen molar-refractivity contribution in [1.82, 2.24) is 0 Å². The van der Waals surface area contributed by atoms with Crippen molar-refractivity contribution >= 4 is 21.7 Å². The van der Waals surface area contributed by atoms with Gasteiger partial charge in [0, 0.05) is 11.3 Å². The van der Waals surface area contributed by atoms with Gasteiger partial charge in [-0.2, -0.15) is 0 Å². The van der Waals surface area contributed by atoms with Crippen LogP contribution in [-0.2, 0) is 21.4 Å². The summed E-state index contributed by atoms with van der Waals surface area (Å²) in [5.74, 6) is -1.34. The van der Waals surface area contributed by atoms with Crippen molar-refractivity contribution in [3.05, 3.63) is 59.4 Å². The number of nitrogens with one attached hydrogen (secondary N) is 1. The molecule has 0 saturated heterocycles. The number of ether oxygens (including phenoxy) is 1. The van der Waals surface area contributed by atoms with E-state index in [-0.39, 0.29) is 12.3 Å². The highest BCUT2D eigenvalue weighted by atomic mass is 32.2. The number of carbonyl (C=O) groups is 1. The molecule has 0 aliphatic carbocycles. The van der Waals surface area contributed by atoms with Crippen LogP contribution in [0.3, 0.4) is 0 Å². The van der Waals surface area contributed by atoms with Crippen molar-refractivity contribution in [3.63, 3.8) is 0 Å². The SMILES string of the molecule is O=C1OCc2ccc(NS(=O)(=O)c3ccccc3F)cc21. The summed E-state index contributed by atoms with van der Waals surface area (Å²) in [7, 11) is -4.06. The van der Waals surface area contributed by atoms with E-state index in [1.165, 1.54) is 30.3 Å². The fourth-order valence-electron chi connectivity index (χ4n) is 2.05.